The van der Waals surface area contributed by atoms with E-state index < -0.39 is 12.0 Å². The molecule has 5 nitrogen and oxygen atoms in total. The van der Waals surface area contributed by atoms with E-state index in [1.165, 1.54) is 11.3 Å². The van der Waals surface area contributed by atoms with Crippen LogP contribution in [0.15, 0.2) is 6.07 Å². The van der Waals surface area contributed by atoms with Crippen LogP contribution in [-0.2, 0) is 22.6 Å². The lowest BCUT2D eigenvalue weighted by molar-refractivity contribution is -0.139. The lowest BCUT2D eigenvalue weighted by atomic mass is 10.0. The first-order valence-corrected chi connectivity index (χ1v) is 7.52. The van der Waals surface area contributed by atoms with Crippen LogP contribution in [0.4, 0.5) is 0 Å². The monoisotopic (exact) mass is 297 g/mol. The van der Waals surface area contributed by atoms with Crippen molar-refractivity contribution in [2.75, 3.05) is 6.61 Å². The second-order valence-electron chi connectivity index (χ2n) is 5.36. The molecular weight excluding hydrogens is 278 g/mol. The van der Waals surface area contributed by atoms with E-state index in [1.807, 2.05) is 19.9 Å². The van der Waals surface area contributed by atoms with Gasteiger partial charge in [-0.2, -0.15) is 0 Å². The van der Waals surface area contributed by atoms with E-state index in [0.29, 0.717) is 24.5 Å². The van der Waals surface area contributed by atoms with Crippen molar-refractivity contribution in [3.05, 3.63) is 21.4 Å². The van der Waals surface area contributed by atoms with Gasteiger partial charge in [0.2, 0.25) is 0 Å². The number of amides is 1. The predicted molar refractivity (Wildman–Crippen MR) is 76.0 cm³/mol. The minimum absolute atomic E-state index is 0.210. The molecule has 0 fully saturated rings. The Morgan fingerprint density at radius 1 is 1.50 bits per heavy atom. The molecule has 1 aromatic heterocycles. The maximum atomic E-state index is 12.2. The molecule has 0 aliphatic carbocycles. The van der Waals surface area contributed by atoms with Crippen molar-refractivity contribution in [3.63, 3.8) is 0 Å². The minimum atomic E-state index is -0.989. The third-order valence-electron chi connectivity index (χ3n) is 3.16. The Labute approximate surface area is 121 Å². The zero-order chi connectivity index (χ0) is 14.7. The molecule has 1 aromatic rings. The van der Waals surface area contributed by atoms with E-state index >= 15 is 0 Å². The van der Waals surface area contributed by atoms with Gasteiger partial charge in [0.05, 0.1) is 18.1 Å². The van der Waals surface area contributed by atoms with E-state index in [0.717, 1.165) is 16.9 Å². The molecule has 2 rings (SSSR count). The summed E-state index contributed by atoms with van der Waals surface area (Å²) in [5, 5.41) is 11.8. The van der Waals surface area contributed by atoms with Gasteiger partial charge in [0.1, 0.15) is 6.04 Å². The van der Waals surface area contributed by atoms with Crippen LogP contribution in [0.3, 0.4) is 0 Å². The Balaban J connectivity index is 2.06. The van der Waals surface area contributed by atoms with Gasteiger partial charge >= 0.3 is 5.97 Å². The average molecular weight is 297 g/mol. The first kappa shape index (κ1) is 15.0. The Morgan fingerprint density at radius 2 is 2.25 bits per heavy atom. The number of ether oxygens (including phenoxy) is 1. The molecule has 20 heavy (non-hydrogen) atoms. The normalized spacial score (nSPS) is 15.8. The van der Waals surface area contributed by atoms with Crippen LogP contribution in [-0.4, -0.2) is 29.6 Å². The van der Waals surface area contributed by atoms with Crippen LogP contribution in [0.1, 0.15) is 40.4 Å². The summed E-state index contributed by atoms with van der Waals surface area (Å²) in [7, 11) is 0. The number of carbonyl (C=O) groups is 2. The fourth-order valence-electron chi connectivity index (χ4n) is 2.18. The number of carboxylic acids is 1. The summed E-state index contributed by atoms with van der Waals surface area (Å²) < 4.78 is 5.34. The highest BCUT2D eigenvalue weighted by atomic mass is 32.1. The Kier molecular flexibility index (Phi) is 4.77. The van der Waals surface area contributed by atoms with Crippen molar-refractivity contribution in [2.24, 2.45) is 5.92 Å². The number of carbonyl (C=O) groups excluding carboxylic acids is 1. The lowest BCUT2D eigenvalue weighted by Gasteiger charge is -2.15. The largest absolute Gasteiger partial charge is 0.480 e. The third-order valence-corrected chi connectivity index (χ3v) is 4.40. The van der Waals surface area contributed by atoms with Gasteiger partial charge in [-0.25, -0.2) is 4.79 Å². The van der Waals surface area contributed by atoms with Crippen LogP contribution >= 0.6 is 11.3 Å². The molecule has 1 aliphatic rings. The second kappa shape index (κ2) is 6.37. The summed E-state index contributed by atoms with van der Waals surface area (Å²) in [5.41, 5.74) is 1.04. The number of rotatable bonds is 5. The summed E-state index contributed by atoms with van der Waals surface area (Å²) in [6, 6.07) is 0.973. The van der Waals surface area contributed by atoms with Crippen molar-refractivity contribution in [1.82, 2.24) is 5.32 Å². The molecular formula is C14H19NO4S. The van der Waals surface area contributed by atoms with Crippen molar-refractivity contribution in [1.29, 1.82) is 0 Å². The number of nitrogens with one attached hydrogen (secondary N) is 1. The van der Waals surface area contributed by atoms with Crippen molar-refractivity contribution >= 4 is 23.2 Å². The standard InChI is InChI=1S/C14H19NO4S/c1-8(2)5-10(14(17)18)15-13(16)12-6-9-7-19-4-3-11(9)20-12/h6,8,10H,3-5,7H2,1-2H3,(H,15,16)(H,17,18)/t10-/m0/s1. The first-order valence-electron chi connectivity index (χ1n) is 6.70. The van der Waals surface area contributed by atoms with Gasteiger partial charge in [0.15, 0.2) is 0 Å². The molecule has 1 amide bonds. The zero-order valence-corrected chi connectivity index (χ0v) is 12.5. The lowest BCUT2D eigenvalue weighted by Crippen LogP contribution is -2.41. The van der Waals surface area contributed by atoms with Gasteiger partial charge in [-0.3, -0.25) is 4.79 Å². The smallest absolute Gasteiger partial charge is 0.326 e. The molecule has 0 aromatic carbocycles. The van der Waals surface area contributed by atoms with E-state index in [1.54, 1.807) is 0 Å². The number of hydrogen-bond donors (Lipinski definition) is 2. The maximum absolute atomic E-state index is 12.2. The molecule has 0 bridgehead atoms. The molecule has 0 unspecified atom stereocenters. The number of fused-ring (bicyclic) bond motifs is 1. The van der Waals surface area contributed by atoms with E-state index in [4.69, 9.17) is 9.84 Å². The maximum Gasteiger partial charge on any atom is 0.326 e. The van der Waals surface area contributed by atoms with Gasteiger partial charge in [0.25, 0.3) is 5.91 Å². The van der Waals surface area contributed by atoms with E-state index in [9.17, 15) is 9.59 Å². The number of thiophene rings is 1. The highest BCUT2D eigenvalue weighted by Gasteiger charge is 2.24. The molecule has 2 heterocycles. The van der Waals surface area contributed by atoms with E-state index in [2.05, 4.69) is 5.32 Å². The Bertz CT molecular complexity index is 486. The number of hydrogen-bond acceptors (Lipinski definition) is 4. The molecule has 0 saturated heterocycles. The average Bonchev–Trinajstić information content (AvgIpc) is 2.81. The summed E-state index contributed by atoms with van der Waals surface area (Å²) in [6.45, 7) is 5.08. The topological polar surface area (TPSA) is 75.6 Å². The molecule has 0 saturated carbocycles. The third kappa shape index (κ3) is 3.58. The van der Waals surface area contributed by atoms with Crippen LogP contribution in [0.25, 0.3) is 0 Å². The molecule has 0 radical (unpaired) electrons. The summed E-state index contributed by atoms with van der Waals surface area (Å²) in [4.78, 5) is 25.0. The highest BCUT2D eigenvalue weighted by molar-refractivity contribution is 7.14. The van der Waals surface area contributed by atoms with Crippen molar-refractivity contribution in [3.8, 4) is 0 Å². The molecule has 1 aliphatic heterocycles. The number of aliphatic carboxylic acids is 1. The molecule has 110 valence electrons. The molecule has 1 atom stereocenters. The van der Waals surface area contributed by atoms with Crippen LogP contribution in [0, 0.1) is 5.92 Å². The van der Waals surface area contributed by atoms with Crippen LogP contribution in [0.5, 0.6) is 0 Å². The molecule has 2 N–H and O–H groups in total. The first-order chi connectivity index (χ1) is 9.47. The second-order valence-corrected chi connectivity index (χ2v) is 6.49. The van der Waals surface area contributed by atoms with E-state index in [-0.39, 0.29) is 11.8 Å². The quantitative estimate of drug-likeness (QED) is 0.872. The highest BCUT2D eigenvalue weighted by Crippen LogP contribution is 2.27. The van der Waals surface area contributed by atoms with Crippen molar-refractivity contribution in [2.45, 2.75) is 39.3 Å². The van der Waals surface area contributed by atoms with Crippen LogP contribution in [0.2, 0.25) is 0 Å². The SMILES string of the molecule is CC(C)C[C@H](NC(=O)c1cc2c(s1)CCOC2)C(=O)O. The van der Waals surface area contributed by atoms with Crippen molar-refractivity contribution < 1.29 is 19.4 Å². The van der Waals surface area contributed by atoms with Gasteiger partial charge in [-0.05, 0) is 24.0 Å². The minimum Gasteiger partial charge on any atom is -0.480 e. The van der Waals surface area contributed by atoms with Crippen LogP contribution < -0.4 is 5.32 Å². The number of carboxylic acid groups (broad SMARTS) is 1. The Hall–Kier alpha value is -1.40. The predicted octanol–water partition coefficient (Wildman–Crippen LogP) is 2.05. The summed E-state index contributed by atoms with van der Waals surface area (Å²) in [6.07, 6.45) is 1.25. The fraction of sp³-hybridized carbons (Fsp3) is 0.571. The Morgan fingerprint density at radius 3 is 2.85 bits per heavy atom. The van der Waals surface area contributed by atoms with Gasteiger partial charge in [-0.1, -0.05) is 13.8 Å². The summed E-state index contributed by atoms with van der Waals surface area (Å²) in [5.74, 6) is -1.09. The van der Waals surface area contributed by atoms with Gasteiger partial charge in [0, 0.05) is 11.3 Å². The zero-order valence-electron chi connectivity index (χ0n) is 11.6. The summed E-state index contributed by atoms with van der Waals surface area (Å²) >= 11 is 1.43. The van der Waals surface area contributed by atoms with Gasteiger partial charge < -0.3 is 15.2 Å². The fourth-order valence-corrected chi connectivity index (χ4v) is 3.23. The van der Waals surface area contributed by atoms with Gasteiger partial charge in [-0.15, -0.1) is 11.3 Å². The molecule has 6 heteroatoms. The molecule has 0 spiro atoms.